The van der Waals surface area contributed by atoms with E-state index < -0.39 is 5.60 Å². The fourth-order valence-electron chi connectivity index (χ4n) is 3.39. The lowest BCUT2D eigenvalue weighted by Crippen LogP contribution is -2.54. The number of hydrogen-bond donors (Lipinski definition) is 1. The van der Waals surface area contributed by atoms with Crippen molar-refractivity contribution in [3.63, 3.8) is 0 Å². The molecular weight excluding hydrogens is 166 g/mol. The van der Waals surface area contributed by atoms with E-state index in [1.165, 1.54) is 6.42 Å². The third-order valence-corrected chi connectivity index (χ3v) is 4.14. The summed E-state index contributed by atoms with van der Waals surface area (Å²) in [6, 6.07) is 0. The van der Waals surface area contributed by atoms with E-state index in [9.17, 15) is 4.79 Å². The smallest absolute Gasteiger partial charge is 0.250 e. The fraction of sp³-hybridized carbons (Fsp3) is 0.900. The number of amides is 1. The minimum absolute atomic E-state index is 0.00174. The molecule has 0 radical (unpaired) electrons. The molecule has 2 saturated carbocycles. The molecule has 2 N–H and O–H groups in total. The largest absolute Gasteiger partial charge is 0.368 e. The first-order valence-electron chi connectivity index (χ1n) is 4.89. The Morgan fingerprint density at radius 3 is 2.46 bits per heavy atom. The first kappa shape index (κ1) is 9.00. The van der Waals surface area contributed by atoms with Crippen LogP contribution < -0.4 is 5.73 Å². The molecule has 1 amide bonds. The molecule has 0 aromatic rings. The monoisotopic (exact) mass is 183 g/mol. The molecule has 74 valence electrons. The highest BCUT2D eigenvalue weighted by Gasteiger charge is 2.62. The van der Waals surface area contributed by atoms with Crippen LogP contribution in [-0.4, -0.2) is 18.6 Å². The van der Waals surface area contributed by atoms with Crippen molar-refractivity contribution < 1.29 is 9.53 Å². The predicted octanol–water partition coefficient (Wildman–Crippen LogP) is 1.07. The maximum atomic E-state index is 11.4. The normalized spacial score (nSPS) is 48.3. The lowest BCUT2D eigenvalue weighted by molar-refractivity contribution is -0.156. The quantitative estimate of drug-likeness (QED) is 0.696. The number of hydrogen-bond acceptors (Lipinski definition) is 2. The molecule has 2 aliphatic rings. The molecule has 0 aromatic heterocycles. The zero-order valence-electron chi connectivity index (χ0n) is 8.30. The fourth-order valence-corrected chi connectivity index (χ4v) is 3.39. The Hall–Kier alpha value is -0.570. The van der Waals surface area contributed by atoms with Crippen molar-refractivity contribution in [3.8, 4) is 0 Å². The zero-order valence-corrected chi connectivity index (χ0v) is 8.30. The Morgan fingerprint density at radius 2 is 2.23 bits per heavy atom. The molecule has 3 nitrogen and oxygen atoms in total. The van der Waals surface area contributed by atoms with E-state index in [4.69, 9.17) is 10.5 Å². The molecule has 13 heavy (non-hydrogen) atoms. The van der Waals surface area contributed by atoms with Crippen LogP contribution in [0, 0.1) is 11.3 Å². The number of fused-ring (bicyclic) bond motifs is 2. The van der Waals surface area contributed by atoms with Gasteiger partial charge in [0.05, 0.1) is 0 Å². The molecule has 0 saturated heterocycles. The van der Waals surface area contributed by atoms with Crippen LogP contribution in [0.1, 0.15) is 32.6 Å². The molecule has 2 aliphatic carbocycles. The average Bonchev–Trinajstić information content (AvgIpc) is 2.56. The predicted molar refractivity (Wildman–Crippen MR) is 49.0 cm³/mol. The maximum Gasteiger partial charge on any atom is 0.250 e. The molecular formula is C10H17NO2. The van der Waals surface area contributed by atoms with Gasteiger partial charge in [-0.05, 0) is 31.6 Å². The van der Waals surface area contributed by atoms with Crippen molar-refractivity contribution in [2.45, 2.75) is 38.2 Å². The molecule has 3 unspecified atom stereocenters. The first-order valence-corrected chi connectivity index (χ1v) is 4.89. The van der Waals surface area contributed by atoms with Gasteiger partial charge in [0.2, 0.25) is 5.91 Å². The Bertz CT molecular complexity index is 253. The number of methoxy groups -OCH3 is 1. The van der Waals surface area contributed by atoms with E-state index in [1.807, 2.05) is 0 Å². The van der Waals surface area contributed by atoms with E-state index in [-0.39, 0.29) is 11.3 Å². The molecule has 2 bridgehead atoms. The second-order valence-electron chi connectivity index (χ2n) is 4.77. The molecule has 0 heterocycles. The standard InChI is InChI=1S/C10H17NO2/c1-9-4-3-7(5-9)6-10(9,13-2)8(11)12/h7H,3-6H2,1-2H3,(H2,11,12). The summed E-state index contributed by atoms with van der Waals surface area (Å²) in [6.07, 6.45) is 4.24. The van der Waals surface area contributed by atoms with E-state index >= 15 is 0 Å². The summed E-state index contributed by atoms with van der Waals surface area (Å²) in [5.41, 5.74) is 4.78. The van der Waals surface area contributed by atoms with Gasteiger partial charge in [0.1, 0.15) is 0 Å². The van der Waals surface area contributed by atoms with Gasteiger partial charge >= 0.3 is 0 Å². The topological polar surface area (TPSA) is 52.3 Å². The summed E-state index contributed by atoms with van der Waals surface area (Å²) in [5, 5.41) is 0. The molecule has 2 rings (SSSR count). The van der Waals surface area contributed by atoms with Crippen LogP contribution in [0.2, 0.25) is 0 Å². The van der Waals surface area contributed by atoms with Gasteiger partial charge in [-0.1, -0.05) is 6.92 Å². The Morgan fingerprint density at radius 1 is 1.54 bits per heavy atom. The van der Waals surface area contributed by atoms with Crippen LogP contribution >= 0.6 is 0 Å². The maximum absolute atomic E-state index is 11.4. The van der Waals surface area contributed by atoms with Gasteiger partial charge in [0.15, 0.2) is 5.60 Å². The third-order valence-electron chi connectivity index (χ3n) is 4.14. The van der Waals surface area contributed by atoms with Crippen LogP contribution in [0.5, 0.6) is 0 Å². The average molecular weight is 183 g/mol. The number of ether oxygens (including phenoxy) is 1. The highest BCUT2D eigenvalue weighted by atomic mass is 16.5. The minimum atomic E-state index is -0.671. The van der Waals surface area contributed by atoms with Crippen molar-refractivity contribution in [2.24, 2.45) is 17.1 Å². The van der Waals surface area contributed by atoms with Crippen molar-refractivity contribution in [2.75, 3.05) is 7.11 Å². The molecule has 0 spiro atoms. The van der Waals surface area contributed by atoms with E-state index in [0.29, 0.717) is 5.92 Å². The van der Waals surface area contributed by atoms with Crippen molar-refractivity contribution >= 4 is 5.91 Å². The molecule has 0 aromatic carbocycles. The van der Waals surface area contributed by atoms with Gasteiger partial charge < -0.3 is 10.5 Å². The highest BCUT2D eigenvalue weighted by Crippen LogP contribution is 2.60. The van der Waals surface area contributed by atoms with Crippen LogP contribution in [0.4, 0.5) is 0 Å². The van der Waals surface area contributed by atoms with Gasteiger partial charge in [0, 0.05) is 12.5 Å². The number of rotatable bonds is 2. The molecule has 3 heteroatoms. The summed E-state index contributed by atoms with van der Waals surface area (Å²) in [4.78, 5) is 11.4. The second kappa shape index (κ2) is 2.47. The highest BCUT2D eigenvalue weighted by molar-refractivity contribution is 5.85. The summed E-state index contributed by atoms with van der Waals surface area (Å²) in [5.74, 6) is 0.372. The van der Waals surface area contributed by atoms with Gasteiger partial charge in [-0.2, -0.15) is 0 Å². The Balaban J connectivity index is 2.37. The lowest BCUT2D eigenvalue weighted by atomic mass is 9.72. The number of carbonyl (C=O) groups excluding carboxylic acids is 1. The van der Waals surface area contributed by atoms with Crippen molar-refractivity contribution in [1.82, 2.24) is 0 Å². The molecule has 3 atom stereocenters. The summed E-state index contributed by atoms with van der Waals surface area (Å²) >= 11 is 0. The number of nitrogens with two attached hydrogens (primary N) is 1. The van der Waals surface area contributed by atoms with Gasteiger partial charge in [-0.25, -0.2) is 0 Å². The second-order valence-corrected chi connectivity index (χ2v) is 4.77. The van der Waals surface area contributed by atoms with Crippen LogP contribution in [0.3, 0.4) is 0 Å². The Kier molecular flexibility index (Phi) is 1.71. The van der Waals surface area contributed by atoms with Crippen LogP contribution in [0.15, 0.2) is 0 Å². The number of carbonyl (C=O) groups is 1. The summed E-state index contributed by atoms with van der Waals surface area (Å²) in [7, 11) is 1.61. The van der Waals surface area contributed by atoms with E-state index in [0.717, 1.165) is 19.3 Å². The van der Waals surface area contributed by atoms with Crippen LogP contribution in [0.25, 0.3) is 0 Å². The molecule has 0 aliphatic heterocycles. The van der Waals surface area contributed by atoms with E-state index in [2.05, 4.69) is 6.92 Å². The summed E-state index contributed by atoms with van der Waals surface area (Å²) in [6.45, 7) is 2.13. The number of primary amides is 1. The van der Waals surface area contributed by atoms with Gasteiger partial charge in [0.25, 0.3) is 0 Å². The lowest BCUT2D eigenvalue weighted by Gasteiger charge is -2.40. The van der Waals surface area contributed by atoms with E-state index in [1.54, 1.807) is 7.11 Å². The minimum Gasteiger partial charge on any atom is -0.368 e. The third kappa shape index (κ3) is 0.909. The summed E-state index contributed by atoms with van der Waals surface area (Å²) < 4.78 is 5.42. The first-order chi connectivity index (χ1) is 6.04. The molecule has 2 fully saturated rings. The van der Waals surface area contributed by atoms with Crippen LogP contribution in [-0.2, 0) is 9.53 Å². The van der Waals surface area contributed by atoms with Crippen molar-refractivity contribution in [1.29, 1.82) is 0 Å². The zero-order chi connectivity index (χ0) is 9.69. The SMILES string of the molecule is COC1(C(N)=O)CC2CCC1(C)C2. The van der Waals surface area contributed by atoms with Crippen molar-refractivity contribution in [3.05, 3.63) is 0 Å². The van der Waals surface area contributed by atoms with Gasteiger partial charge in [-0.3, -0.25) is 4.79 Å². The van der Waals surface area contributed by atoms with Gasteiger partial charge in [-0.15, -0.1) is 0 Å². The Labute approximate surface area is 78.6 Å².